The number of ether oxygens (including phenoxy) is 1. The van der Waals surface area contributed by atoms with Gasteiger partial charge in [-0.15, -0.1) is 0 Å². The van der Waals surface area contributed by atoms with Crippen molar-refractivity contribution in [3.63, 3.8) is 0 Å². The SMILES string of the molecule is CC(C(=O)c1cn(C)c2ccccc12)C1CCN(C(=O)OCc2ccccc2)CC1. The predicted octanol–water partition coefficient (Wildman–Crippen LogP) is 5.05. The van der Waals surface area contributed by atoms with E-state index in [2.05, 4.69) is 0 Å². The first kappa shape index (κ1) is 20.2. The topological polar surface area (TPSA) is 51.5 Å². The van der Waals surface area contributed by atoms with Crippen molar-refractivity contribution in [1.82, 2.24) is 9.47 Å². The van der Waals surface area contributed by atoms with Crippen LogP contribution < -0.4 is 0 Å². The van der Waals surface area contributed by atoms with E-state index in [4.69, 9.17) is 4.74 Å². The number of likely N-dealkylation sites (tertiary alicyclic amines) is 1. The molecule has 2 aromatic carbocycles. The van der Waals surface area contributed by atoms with Crippen molar-refractivity contribution in [2.24, 2.45) is 18.9 Å². The minimum absolute atomic E-state index is 0.0710. The van der Waals surface area contributed by atoms with Crippen LogP contribution in [0.25, 0.3) is 10.9 Å². The van der Waals surface area contributed by atoms with Crippen molar-refractivity contribution in [3.05, 3.63) is 71.9 Å². The van der Waals surface area contributed by atoms with E-state index in [-0.39, 0.29) is 30.3 Å². The summed E-state index contributed by atoms with van der Waals surface area (Å²) in [6.07, 6.45) is 3.31. The molecule has 5 nitrogen and oxygen atoms in total. The number of aromatic nitrogens is 1. The molecular formula is C25H28N2O3. The number of ketones is 1. The number of amides is 1. The molecule has 0 spiro atoms. The number of Topliss-reactive ketones (excluding diaryl/α,β-unsaturated/α-hetero) is 1. The zero-order chi connectivity index (χ0) is 21.1. The third-order valence-corrected chi connectivity index (χ3v) is 6.29. The molecule has 1 aromatic heterocycles. The molecule has 1 saturated heterocycles. The van der Waals surface area contributed by atoms with Gasteiger partial charge in [-0.05, 0) is 30.4 Å². The molecule has 0 bridgehead atoms. The van der Waals surface area contributed by atoms with Crippen LogP contribution in [0.5, 0.6) is 0 Å². The molecule has 3 aromatic rings. The lowest BCUT2D eigenvalue weighted by atomic mass is 9.81. The number of hydrogen-bond donors (Lipinski definition) is 0. The fourth-order valence-electron chi connectivity index (χ4n) is 4.39. The summed E-state index contributed by atoms with van der Waals surface area (Å²) in [5.74, 6) is 0.393. The second-order valence-corrected chi connectivity index (χ2v) is 8.19. The summed E-state index contributed by atoms with van der Waals surface area (Å²) in [7, 11) is 1.98. The molecule has 0 N–H and O–H groups in total. The van der Waals surface area contributed by atoms with Gasteiger partial charge in [0.2, 0.25) is 0 Å². The normalized spacial score (nSPS) is 15.9. The van der Waals surface area contributed by atoms with Gasteiger partial charge in [0.1, 0.15) is 6.61 Å². The Morgan fingerprint density at radius 2 is 1.70 bits per heavy atom. The Bertz CT molecular complexity index is 1030. The van der Waals surface area contributed by atoms with Crippen LogP contribution >= 0.6 is 0 Å². The molecule has 1 aliphatic heterocycles. The number of piperidine rings is 1. The molecule has 30 heavy (non-hydrogen) atoms. The first-order valence-corrected chi connectivity index (χ1v) is 10.6. The number of fused-ring (bicyclic) bond motifs is 1. The maximum Gasteiger partial charge on any atom is 0.410 e. The van der Waals surface area contributed by atoms with Crippen LogP contribution in [0.15, 0.2) is 60.8 Å². The van der Waals surface area contributed by atoms with E-state index < -0.39 is 0 Å². The number of hydrogen-bond acceptors (Lipinski definition) is 3. The smallest absolute Gasteiger partial charge is 0.410 e. The average molecular weight is 405 g/mol. The maximum atomic E-state index is 13.2. The van der Waals surface area contributed by atoms with Crippen molar-refractivity contribution in [2.45, 2.75) is 26.4 Å². The summed E-state index contributed by atoms with van der Waals surface area (Å²) < 4.78 is 7.46. The second kappa shape index (κ2) is 8.74. The molecule has 156 valence electrons. The monoisotopic (exact) mass is 404 g/mol. The van der Waals surface area contributed by atoms with Crippen LogP contribution in [0.3, 0.4) is 0 Å². The van der Waals surface area contributed by atoms with Crippen LogP contribution in [-0.2, 0) is 18.4 Å². The fourth-order valence-corrected chi connectivity index (χ4v) is 4.39. The lowest BCUT2D eigenvalue weighted by Crippen LogP contribution is -2.41. The van der Waals surface area contributed by atoms with Crippen LogP contribution in [0.2, 0.25) is 0 Å². The zero-order valence-corrected chi connectivity index (χ0v) is 17.6. The lowest BCUT2D eigenvalue weighted by molar-refractivity contribution is 0.0701. The highest BCUT2D eigenvalue weighted by atomic mass is 16.6. The summed E-state index contributed by atoms with van der Waals surface area (Å²) in [4.78, 5) is 27.4. The Morgan fingerprint density at radius 1 is 1.03 bits per heavy atom. The Morgan fingerprint density at radius 3 is 2.43 bits per heavy atom. The third kappa shape index (κ3) is 4.11. The summed E-state index contributed by atoms with van der Waals surface area (Å²) in [6.45, 7) is 3.57. The largest absolute Gasteiger partial charge is 0.445 e. The van der Waals surface area contributed by atoms with Crippen molar-refractivity contribution in [1.29, 1.82) is 0 Å². The van der Waals surface area contributed by atoms with E-state index in [0.717, 1.165) is 34.9 Å². The molecule has 1 aliphatic rings. The first-order chi connectivity index (χ1) is 14.5. The van der Waals surface area contributed by atoms with Gasteiger partial charge in [0.15, 0.2) is 5.78 Å². The maximum absolute atomic E-state index is 13.2. The van der Waals surface area contributed by atoms with E-state index in [1.54, 1.807) is 4.90 Å². The van der Waals surface area contributed by atoms with E-state index in [1.165, 1.54) is 0 Å². The predicted molar refractivity (Wildman–Crippen MR) is 117 cm³/mol. The second-order valence-electron chi connectivity index (χ2n) is 8.19. The third-order valence-electron chi connectivity index (χ3n) is 6.29. The van der Waals surface area contributed by atoms with Crippen LogP contribution in [0.1, 0.15) is 35.7 Å². The average Bonchev–Trinajstić information content (AvgIpc) is 3.14. The van der Waals surface area contributed by atoms with E-state index in [1.807, 2.05) is 79.3 Å². The van der Waals surface area contributed by atoms with Gasteiger partial charge >= 0.3 is 6.09 Å². The van der Waals surface area contributed by atoms with Gasteiger partial charge in [-0.25, -0.2) is 4.79 Å². The summed E-state index contributed by atoms with van der Waals surface area (Å²) >= 11 is 0. The number of aryl methyl sites for hydroxylation is 1. The molecule has 4 rings (SSSR count). The van der Waals surface area contributed by atoms with Crippen LogP contribution in [-0.4, -0.2) is 34.4 Å². The molecule has 0 aliphatic carbocycles. The molecule has 1 amide bonds. The van der Waals surface area contributed by atoms with E-state index in [9.17, 15) is 9.59 Å². The number of benzene rings is 2. The van der Waals surface area contributed by atoms with Crippen LogP contribution in [0, 0.1) is 11.8 Å². The highest BCUT2D eigenvalue weighted by Gasteiger charge is 2.31. The molecule has 2 heterocycles. The van der Waals surface area contributed by atoms with Gasteiger partial charge in [-0.2, -0.15) is 0 Å². The Kier molecular flexibility index (Phi) is 5.88. The lowest BCUT2D eigenvalue weighted by Gasteiger charge is -2.33. The van der Waals surface area contributed by atoms with Gasteiger partial charge in [0, 0.05) is 48.7 Å². The van der Waals surface area contributed by atoms with Gasteiger partial charge in [0.25, 0.3) is 0 Å². The molecule has 5 heteroatoms. The fraction of sp³-hybridized carbons (Fsp3) is 0.360. The van der Waals surface area contributed by atoms with Gasteiger partial charge in [-0.3, -0.25) is 4.79 Å². The van der Waals surface area contributed by atoms with Gasteiger partial charge in [-0.1, -0.05) is 55.5 Å². The molecule has 1 atom stereocenters. The van der Waals surface area contributed by atoms with Crippen molar-refractivity contribution in [3.8, 4) is 0 Å². The Balaban J connectivity index is 1.34. The van der Waals surface area contributed by atoms with Crippen molar-refractivity contribution in [2.75, 3.05) is 13.1 Å². The Hall–Kier alpha value is -3.08. The number of carbonyl (C=O) groups is 2. The van der Waals surface area contributed by atoms with E-state index in [0.29, 0.717) is 13.1 Å². The summed E-state index contributed by atoms with van der Waals surface area (Å²) in [5.41, 5.74) is 2.85. The van der Waals surface area contributed by atoms with Gasteiger partial charge < -0.3 is 14.2 Å². The first-order valence-electron chi connectivity index (χ1n) is 10.6. The molecular weight excluding hydrogens is 376 g/mol. The molecule has 0 radical (unpaired) electrons. The highest BCUT2D eigenvalue weighted by molar-refractivity contribution is 6.09. The summed E-state index contributed by atoms with van der Waals surface area (Å²) in [5, 5.41) is 1.01. The molecule has 1 fully saturated rings. The number of para-hydroxylation sites is 1. The minimum Gasteiger partial charge on any atom is -0.445 e. The minimum atomic E-state index is -0.273. The quantitative estimate of drug-likeness (QED) is 0.560. The zero-order valence-electron chi connectivity index (χ0n) is 17.6. The highest BCUT2D eigenvalue weighted by Crippen LogP contribution is 2.30. The van der Waals surface area contributed by atoms with Gasteiger partial charge in [0.05, 0.1) is 0 Å². The van der Waals surface area contributed by atoms with Crippen LogP contribution in [0.4, 0.5) is 4.79 Å². The number of carbonyl (C=O) groups excluding carboxylic acids is 2. The summed E-state index contributed by atoms with van der Waals surface area (Å²) in [6, 6.07) is 17.7. The standard InChI is InChI=1S/C25H28N2O3/c1-18(24(28)22-16-26(2)23-11-7-6-10-21(22)23)20-12-14-27(15-13-20)25(29)30-17-19-8-4-3-5-9-19/h3-11,16,18,20H,12-15,17H2,1-2H3. The van der Waals surface area contributed by atoms with Crippen molar-refractivity contribution >= 4 is 22.8 Å². The Labute approximate surface area is 177 Å². The molecule has 1 unspecified atom stereocenters. The van der Waals surface area contributed by atoms with E-state index >= 15 is 0 Å². The molecule has 0 saturated carbocycles. The number of rotatable bonds is 5. The number of nitrogens with zero attached hydrogens (tertiary/aromatic N) is 2. The van der Waals surface area contributed by atoms with Crippen molar-refractivity contribution < 1.29 is 14.3 Å².